The normalized spacial score (nSPS) is 12.7. The third-order valence-corrected chi connectivity index (χ3v) is 15.6. The van der Waals surface area contributed by atoms with Crippen LogP contribution in [0.25, 0.3) is 0 Å². The van der Waals surface area contributed by atoms with Crippen LogP contribution in [0.1, 0.15) is 355 Å². The molecular weight excluding hydrogens is 1020 g/mol. The highest BCUT2D eigenvalue weighted by atomic mass is 16.6. The molecule has 0 aliphatic carbocycles. The average Bonchev–Trinajstić information content (AvgIpc) is 3.49. The number of carbonyl (C=O) groups is 3. The molecule has 0 aromatic carbocycles. The van der Waals surface area contributed by atoms with Gasteiger partial charge in [0.15, 0.2) is 6.10 Å². The van der Waals surface area contributed by atoms with E-state index in [1.807, 2.05) is 0 Å². The lowest BCUT2D eigenvalue weighted by Gasteiger charge is -2.18. The quantitative estimate of drug-likeness (QED) is 0.0261. The lowest BCUT2D eigenvalue weighted by molar-refractivity contribution is -0.167. The van der Waals surface area contributed by atoms with Gasteiger partial charge in [-0.1, -0.05) is 336 Å². The van der Waals surface area contributed by atoms with Crippen molar-refractivity contribution in [1.29, 1.82) is 0 Å². The number of ether oxygens (including phenoxy) is 3. The van der Waals surface area contributed by atoms with E-state index in [2.05, 4.69) is 118 Å². The summed E-state index contributed by atoms with van der Waals surface area (Å²) in [6.07, 6.45) is 96.0. The van der Waals surface area contributed by atoms with Crippen molar-refractivity contribution >= 4 is 17.9 Å². The van der Waals surface area contributed by atoms with Crippen molar-refractivity contribution in [3.63, 3.8) is 0 Å². The van der Waals surface area contributed by atoms with Gasteiger partial charge in [0.05, 0.1) is 0 Å². The molecule has 0 aliphatic rings. The molecule has 0 amide bonds. The zero-order chi connectivity index (χ0) is 59.9. The summed E-state index contributed by atoms with van der Waals surface area (Å²) in [5, 5.41) is 0. The Bertz CT molecular complexity index is 1610. The summed E-state index contributed by atoms with van der Waals surface area (Å²) in [6, 6.07) is 0. The molecule has 0 spiro atoms. The standard InChI is InChI=1S/C77H134O6/c1-4-7-10-13-16-19-22-25-28-30-31-32-33-34-35-36-37-38-39-40-41-42-43-44-45-47-49-52-55-58-61-64-67-70-76(79)82-73-74(72-81-75(78)69-66-63-60-57-54-51-48-27-24-21-18-15-12-9-6-3)83-77(80)71-68-65-62-59-56-53-50-46-29-26-23-20-17-14-11-8-5-2/h8,11,17,20,22,25-26,29-31,33-34,50,53,59,62,74H,4-7,9-10,12-16,18-19,21,23-24,27-28,32,35-49,51-52,54-58,60-61,63-73H2,1-3H3/b11-8-,20-17-,25-22-,29-26-,31-30-,34-33-,53-50-,62-59-. The summed E-state index contributed by atoms with van der Waals surface area (Å²) in [4.78, 5) is 38.4. The zero-order valence-corrected chi connectivity index (χ0v) is 54.9. The van der Waals surface area contributed by atoms with Crippen LogP contribution in [0.3, 0.4) is 0 Å². The Labute approximate surface area is 515 Å². The molecule has 0 aromatic heterocycles. The highest BCUT2D eigenvalue weighted by Crippen LogP contribution is 2.18. The van der Waals surface area contributed by atoms with Crippen LogP contribution in [0.15, 0.2) is 97.2 Å². The van der Waals surface area contributed by atoms with Crippen molar-refractivity contribution in [1.82, 2.24) is 0 Å². The largest absolute Gasteiger partial charge is 0.462 e. The van der Waals surface area contributed by atoms with Gasteiger partial charge in [0.2, 0.25) is 0 Å². The Balaban J connectivity index is 4.23. The first-order valence-corrected chi connectivity index (χ1v) is 35.7. The van der Waals surface area contributed by atoms with E-state index in [-0.39, 0.29) is 37.5 Å². The molecule has 0 N–H and O–H groups in total. The maximum atomic E-state index is 12.9. The fraction of sp³-hybridized carbons (Fsp3) is 0.753. The molecule has 0 bridgehead atoms. The Hall–Kier alpha value is -3.67. The molecule has 0 aromatic rings. The van der Waals surface area contributed by atoms with Crippen molar-refractivity contribution in [2.75, 3.05) is 13.2 Å². The molecule has 1 atom stereocenters. The van der Waals surface area contributed by atoms with Crippen LogP contribution < -0.4 is 0 Å². The molecule has 0 aliphatic heterocycles. The van der Waals surface area contributed by atoms with Gasteiger partial charge in [-0.05, 0) is 96.3 Å². The summed E-state index contributed by atoms with van der Waals surface area (Å²) in [6.45, 7) is 6.51. The van der Waals surface area contributed by atoms with E-state index in [0.717, 1.165) is 89.9 Å². The van der Waals surface area contributed by atoms with E-state index in [4.69, 9.17) is 14.2 Å². The summed E-state index contributed by atoms with van der Waals surface area (Å²) in [5.74, 6) is -0.937. The molecule has 6 nitrogen and oxygen atoms in total. The van der Waals surface area contributed by atoms with Gasteiger partial charge in [-0.15, -0.1) is 0 Å². The van der Waals surface area contributed by atoms with Gasteiger partial charge in [0.25, 0.3) is 0 Å². The Morgan fingerprint density at radius 2 is 0.482 bits per heavy atom. The van der Waals surface area contributed by atoms with Crippen LogP contribution in [-0.4, -0.2) is 37.2 Å². The molecule has 6 heteroatoms. The second-order valence-electron chi connectivity index (χ2n) is 23.8. The van der Waals surface area contributed by atoms with E-state index >= 15 is 0 Å². The number of unbranched alkanes of at least 4 members (excludes halogenated alkanes) is 38. The van der Waals surface area contributed by atoms with Crippen LogP contribution in [0.5, 0.6) is 0 Å². The van der Waals surface area contributed by atoms with Crippen molar-refractivity contribution < 1.29 is 28.6 Å². The second kappa shape index (κ2) is 70.8. The molecule has 83 heavy (non-hydrogen) atoms. The van der Waals surface area contributed by atoms with Crippen LogP contribution in [0, 0.1) is 0 Å². The number of allylic oxidation sites excluding steroid dienone is 16. The first-order chi connectivity index (χ1) is 41.0. The maximum Gasteiger partial charge on any atom is 0.306 e. The minimum Gasteiger partial charge on any atom is -0.462 e. The fourth-order valence-corrected chi connectivity index (χ4v) is 10.3. The molecule has 0 rings (SSSR count). The zero-order valence-electron chi connectivity index (χ0n) is 54.9. The molecular formula is C77H134O6. The molecule has 0 heterocycles. The first-order valence-electron chi connectivity index (χ1n) is 35.7. The molecule has 478 valence electrons. The maximum absolute atomic E-state index is 12.9. The van der Waals surface area contributed by atoms with Gasteiger partial charge in [-0.25, -0.2) is 0 Å². The van der Waals surface area contributed by atoms with Crippen LogP contribution in [0.2, 0.25) is 0 Å². The third kappa shape index (κ3) is 69.0. The van der Waals surface area contributed by atoms with Gasteiger partial charge >= 0.3 is 17.9 Å². The molecule has 0 fully saturated rings. The minimum atomic E-state index is -0.806. The van der Waals surface area contributed by atoms with Crippen molar-refractivity contribution in [3.8, 4) is 0 Å². The van der Waals surface area contributed by atoms with E-state index < -0.39 is 6.10 Å². The molecule has 0 saturated heterocycles. The second-order valence-corrected chi connectivity index (χ2v) is 23.8. The molecule has 0 saturated carbocycles. The summed E-state index contributed by atoms with van der Waals surface area (Å²) in [7, 11) is 0. The third-order valence-electron chi connectivity index (χ3n) is 15.6. The van der Waals surface area contributed by atoms with Crippen molar-refractivity contribution in [3.05, 3.63) is 97.2 Å². The van der Waals surface area contributed by atoms with Gasteiger partial charge in [0.1, 0.15) is 13.2 Å². The van der Waals surface area contributed by atoms with E-state index in [9.17, 15) is 14.4 Å². The SMILES string of the molecule is CC/C=C\C/C=C\C/C=C\C/C=C\C/C=C\CCCC(=O)OC(COC(=O)CCCCCCCCCCCCCCCCC)COC(=O)CCCCCCCCCCCCCCCCCCCC/C=C\C/C=C\C/C=C\CCCCCCC. The van der Waals surface area contributed by atoms with Crippen LogP contribution in [0.4, 0.5) is 0 Å². The monoisotopic (exact) mass is 1160 g/mol. The Kier molecular flexibility index (Phi) is 67.7. The summed E-state index contributed by atoms with van der Waals surface area (Å²) < 4.78 is 16.9. The van der Waals surface area contributed by atoms with Crippen molar-refractivity contribution in [2.45, 2.75) is 361 Å². The van der Waals surface area contributed by atoms with Crippen molar-refractivity contribution in [2.24, 2.45) is 0 Å². The Morgan fingerprint density at radius 1 is 0.253 bits per heavy atom. The predicted molar refractivity (Wildman–Crippen MR) is 362 cm³/mol. The van der Waals surface area contributed by atoms with Gasteiger partial charge < -0.3 is 14.2 Å². The number of hydrogen-bond donors (Lipinski definition) is 0. The number of esters is 3. The van der Waals surface area contributed by atoms with Crippen LogP contribution in [-0.2, 0) is 28.6 Å². The van der Waals surface area contributed by atoms with E-state index in [1.54, 1.807) is 0 Å². The lowest BCUT2D eigenvalue weighted by Crippen LogP contribution is -2.30. The topological polar surface area (TPSA) is 78.9 Å². The van der Waals surface area contributed by atoms with Gasteiger partial charge in [-0.2, -0.15) is 0 Å². The Morgan fingerprint density at radius 3 is 0.771 bits per heavy atom. The minimum absolute atomic E-state index is 0.0957. The highest BCUT2D eigenvalue weighted by molar-refractivity contribution is 5.71. The van der Waals surface area contributed by atoms with Crippen LogP contribution >= 0.6 is 0 Å². The highest BCUT2D eigenvalue weighted by Gasteiger charge is 2.19. The lowest BCUT2D eigenvalue weighted by atomic mass is 10.0. The smallest absolute Gasteiger partial charge is 0.306 e. The average molecular weight is 1160 g/mol. The summed E-state index contributed by atoms with van der Waals surface area (Å²) in [5.41, 5.74) is 0. The first kappa shape index (κ1) is 79.3. The van der Waals surface area contributed by atoms with Gasteiger partial charge in [-0.3, -0.25) is 14.4 Å². The number of hydrogen-bond acceptors (Lipinski definition) is 6. The number of carbonyl (C=O) groups excluding carboxylic acids is 3. The fourth-order valence-electron chi connectivity index (χ4n) is 10.3. The summed E-state index contributed by atoms with van der Waals surface area (Å²) >= 11 is 0. The van der Waals surface area contributed by atoms with E-state index in [1.165, 1.54) is 218 Å². The van der Waals surface area contributed by atoms with E-state index in [0.29, 0.717) is 19.3 Å². The predicted octanol–water partition coefficient (Wildman–Crippen LogP) is 24.8. The number of rotatable bonds is 65. The molecule has 1 unspecified atom stereocenters. The van der Waals surface area contributed by atoms with Gasteiger partial charge in [0, 0.05) is 19.3 Å². The molecule has 0 radical (unpaired) electrons.